The summed E-state index contributed by atoms with van der Waals surface area (Å²) < 4.78 is 12.1. The quantitative estimate of drug-likeness (QED) is 0.331. The average Bonchev–Trinajstić information content (AvgIpc) is 3.13. The largest absolute Gasteiger partial charge is 0.485 e. The summed E-state index contributed by atoms with van der Waals surface area (Å²) in [4.78, 5) is 0. The highest BCUT2D eigenvalue weighted by Crippen LogP contribution is 2.45. The fraction of sp³-hybridized carbons (Fsp3) is 0.0909. The van der Waals surface area contributed by atoms with E-state index in [0.29, 0.717) is 5.02 Å². The summed E-state index contributed by atoms with van der Waals surface area (Å²) in [6.07, 6.45) is 6.02. The smallest absolute Gasteiger partial charge is 0.136 e. The van der Waals surface area contributed by atoms with Crippen LogP contribution in [0.3, 0.4) is 0 Å². The Balaban J connectivity index is 1.60. The number of allylic oxidation sites excluding steroid dienone is 2. The first-order valence-electron chi connectivity index (χ1n) is 8.47. The highest BCUT2D eigenvalue weighted by atomic mass is 35.5. The third-order valence-corrected chi connectivity index (χ3v) is 5.77. The molecule has 0 saturated carbocycles. The van der Waals surface area contributed by atoms with Crippen LogP contribution in [0, 0.1) is 0 Å². The zero-order chi connectivity index (χ0) is 17.4. The number of halogens is 2. The predicted octanol–water partition coefficient (Wildman–Crippen LogP) is 6.93. The lowest BCUT2D eigenvalue weighted by atomic mass is 9.90. The lowest BCUT2D eigenvalue weighted by molar-refractivity contribution is 0.268. The zero-order valence-electron chi connectivity index (χ0n) is 13.5. The summed E-state index contributed by atoms with van der Waals surface area (Å²) in [6, 6.07) is 14.3. The molecule has 6 rings (SSSR count). The van der Waals surface area contributed by atoms with Gasteiger partial charge in [0, 0.05) is 38.4 Å². The maximum atomic E-state index is 6.13. The Labute approximate surface area is 159 Å². The van der Waals surface area contributed by atoms with Gasteiger partial charge < -0.3 is 9.15 Å². The van der Waals surface area contributed by atoms with Gasteiger partial charge in [-0.25, -0.2) is 0 Å². The van der Waals surface area contributed by atoms with E-state index in [1.807, 2.05) is 30.4 Å². The molecule has 1 aliphatic heterocycles. The van der Waals surface area contributed by atoms with Crippen molar-refractivity contribution in [1.29, 1.82) is 0 Å². The van der Waals surface area contributed by atoms with Crippen LogP contribution in [0.4, 0.5) is 0 Å². The monoisotopic (exact) mass is 378 g/mol. The Bertz CT molecular complexity index is 1300. The number of fused-ring (bicyclic) bond motifs is 7. The lowest BCUT2D eigenvalue weighted by Gasteiger charge is -2.15. The molecule has 0 amide bonds. The number of ether oxygens (including phenoxy) is 1. The maximum absolute atomic E-state index is 6.13. The van der Waals surface area contributed by atoms with Crippen LogP contribution in [0.5, 0.6) is 5.75 Å². The van der Waals surface area contributed by atoms with Gasteiger partial charge in [0.05, 0.1) is 0 Å². The van der Waals surface area contributed by atoms with Crippen molar-refractivity contribution in [1.82, 2.24) is 0 Å². The van der Waals surface area contributed by atoms with E-state index in [2.05, 4.69) is 30.3 Å². The van der Waals surface area contributed by atoms with E-state index >= 15 is 0 Å². The molecule has 26 heavy (non-hydrogen) atoms. The summed E-state index contributed by atoms with van der Waals surface area (Å²) in [6.45, 7) is 0. The number of hydrogen-bond acceptors (Lipinski definition) is 2. The Morgan fingerprint density at radius 3 is 2.62 bits per heavy atom. The van der Waals surface area contributed by atoms with E-state index in [4.69, 9.17) is 32.4 Å². The summed E-state index contributed by atoms with van der Waals surface area (Å²) in [5.74, 6) is 1.13. The van der Waals surface area contributed by atoms with Crippen LogP contribution in [0.1, 0.15) is 11.5 Å². The number of furan rings is 1. The molecule has 2 aliphatic rings. The molecule has 0 spiro atoms. The Kier molecular flexibility index (Phi) is 2.87. The van der Waals surface area contributed by atoms with Gasteiger partial charge >= 0.3 is 0 Å². The number of hydrogen-bond donors (Lipinski definition) is 0. The molecule has 0 saturated heterocycles. The van der Waals surface area contributed by atoms with Crippen LogP contribution < -0.4 is 4.74 Å². The molecule has 1 aromatic heterocycles. The van der Waals surface area contributed by atoms with Crippen molar-refractivity contribution in [2.24, 2.45) is 0 Å². The van der Waals surface area contributed by atoms with Gasteiger partial charge in [-0.05, 0) is 59.3 Å². The second-order valence-electron chi connectivity index (χ2n) is 6.85. The normalized spacial score (nSPS) is 21.1. The molecule has 4 aromatic rings. The van der Waals surface area contributed by atoms with Crippen molar-refractivity contribution in [2.45, 2.75) is 12.0 Å². The van der Waals surface area contributed by atoms with Gasteiger partial charge in [-0.3, -0.25) is 0 Å². The summed E-state index contributed by atoms with van der Waals surface area (Å²) in [7, 11) is 0. The first kappa shape index (κ1) is 14.7. The Hall–Kier alpha value is -2.42. The minimum atomic E-state index is -0.0229. The van der Waals surface area contributed by atoms with E-state index < -0.39 is 0 Å². The molecule has 0 N–H and O–H groups in total. The maximum Gasteiger partial charge on any atom is 0.136 e. The van der Waals surface area contributed by atoms with Crippen LogP contribution in [0.2, 0.25) is 5.02 Å². The summed E-state index contributed by atoms with van der Waals surface area (Å²) in [5, 5.41) is 5.85. The third kappa shape index (κ3) is 2.00. The van der Waals surface area contributed by atoms with Crippen molar-refractivity contribution in [3.63, 3.8) is 0 Å². The first-order chi connectivity index (χ1) is 12.7. The Morgan fingerprint density at radius 1 is 0.846 bits per heavy atom. The van der Waals surface area contributed by atoms with Gasteiger partial charge in [-0.15, -0.1) is 0 Å². The van der Waals surface area contributed by atoms with Crippen LogP contribution in [0.25, 0.3) is 32.7 Å². The van der Waals surface area contributed by atoms with Crippen LogP contribution in [-0.4, -0.2) is 6.10 Å². The molecule has 0 radical (unpaired) electrons. The minimum Gasteiger partial charge on any atom is -0.485 e. The third-order valence-electron chi connectivity index (χ3n) is 5.28. The van der Waals surface area contributed by atoms with E-state index in [9.17, 15) is 0 Å². The standard InChI is InChI=1S/C22H12Cl2O2/c23-13-1-3-15-17-5-11-6-18-16-4-2-14(24)10-22(16)26-20(18)8-12(11)7-19(17)25-21(15)9-13/h1-10,15,21H. The molecule has 2 atom stereocenters. The fourth-order valence-corrected chi connectivity index (χ4v) is 4.42. The van der Waals surface area contributed by atoms with Crippen molar-refractivity contribution in [3.8, 4) is 5.75 Å². The molecular weight excluding hydrogens is 367 g/mol. The summed E-state index contributed by atoms with van der Waals surface area (Å²) in [5.41, 5.74) is 2.86. The number of benzene rings is 3. The van der Waals surface area contributed by atoms with Gasteiger partial charge in [0.15, 0.2) is 0 Å². The highest BCUT2D eigenvalue weighted by molar-refractivity contribution is 6.31. The highest BCUT2D eigenvalue weighted by Gasteiger charge is 2.33. The summed E-state index contributed by atoms with van der Waals surface area (Å²) >= 11 is 12.2. The molecule has 3 aromatic carbocycles. The molecule has 2 unspecified atom stereocenters. The van der Waals surface area contributed by atoms with Crippen molar-refractivity contribution in [2.75, 3.05) is 0 Å². The second kappa shape index (κ2) is 5.06. The van der Waals surface area contributed by atoms with E-state index in [0.717, 1.165) is 38.1 Å². The Morgan fingerprint density at radius 2 is 1.69 bits per heavy atom. The van der Waals surface area contributed by atoms with Crippen molar-refractivity contribution < 1.29 is 9.15 Å². The van der Waals surface area contributed by atoms with Gasteiger partial charge in [0.2, 0.25) is 0 Å². The molecule has 1 aliphatic carbocycles. The first-order valence-corrected chi connectivity index (χ1v) is 9.23. The SMILES string of the molecule is ClC1=CC2Oc3cc4cc5oc6cc(Cl)ccc6c5cc4cc3C2C=C1. The molecular formula is C22H12Cl2O2. The minimum absolute atomic E-state index is 0.0229. The van der Waals surface area contributed by atoms with E-state index in [-0.39, 0.29) is 12.0 Å². The zero-order valence-corrected chi connectivity index (χ0v) is 15.0. The molecule has 0 fully saturated rings. The van der Waals surface area contributed by atoms with Gasteiger partial charge in [-0.1, -0.05) is 29.3 Å². The van der Waals surface area contributed by atoms with Crippen molar-refractivity contribution >= 4 is 55.9 Å². The molecule has 126 valence electrons. The second-order valence-corrected chi connectivity index (χ2v) is 7.72. The van der Waals surface area contributed by atoms with Gasteiger partial charge in [0.25, 0.3) is 0 Å². The molecule has 2 heterocycles. The number of rotatable bonds is 0. The van der Waals surface area contributed by atoms with Crippen LogP contribution in [-0.2, 0) is 0 Å². The van der Waals surface area contributed by atoms with Crippen LogP contribution in [0.15, 0.2) is 70.1 Å². The van der Waals surface area contributed by atoms with Gasteiger partial charge in [-0.2, -0.15) is 0 Å². The van der Waals surface area contributed by atoms with Crippen LogP contribution >= 0.6 is 23.2 Å². The molecule has 0 bridgehead atoms. The topological polar surface area (TPSA) is 22.4 Å². The van der Waals surface area contributed by atoms with Gasteiger partial charge in [0.1, 0.15) is 23.0 Å². The average molecular weight is 379 g/mol. The van der Waals surface area contributed by atoms with Crippen molar-refractivity contribution in [3.05, 3.63) is 76.3 Å². The fourth-order valence-electron chi connectivity index (χ4n) is 4.06. The molecule has 4 heteroatoms. The molecule has 2 nitrogen and oxygen atoms in total. The van der Waals surface area contributed by atoms with E-state index in [1.54, 1.807) is 0 Å². The van der Waals surface area contributed by atoms with E-state index in [1.165, 1.54) is 10.9 Å². The lowest BCUT2D eigenvalue weighted by Crippen LogP contribution is -2.16. The predicted molar refractivity (Wildman–Crippen MR) is 106 cm³/mol.